The summed E-state index contributed by atoms with van der Waals surface area (Å²) in [4.78, 5) is 25.2. The highest BCUT2D eigenvalue weighted by molar-refractivity contribution is 5.76. The average Bonchev–Trinajstić information content (AvgIpc) is 3.15. The van der Waals surface area contributed by atoms with Crippen molar-refractivity contribution < 1.29 is 34.0 Å². The van der Waals surface area contributed by atoms with Crippen molar-refractivity contribution in [2.45, 2.75) is 97.4 Å². The molecule has 0 aromatic heterocycles. The lowest BCUT2D eigenvalue weighted by Crippen LogP contribution is -2.73. The topological polar surface area (TPSA) is 102 Å². The molecule has 2 aliphatic heterocycles. The van der Waals surface area contributed by atoms with Gasteiger partial charge in [0.05, 0.1) is 11.3 Å². The SMILES string of the molecule is CCCC(=O)O[C@H]1[C@@H](O)[C@]23C(O)O[C@@H]4OC(=O)[C@H](CC[C@@H]2[C@@]2(C)CCCC(C)(C)[C@H]12)[C@@H]43. The van der Waals surface area contributed by atoms with E-state index in [1.807, 2.05) is 6.92 Å². The van der Waals surface area contributed by atoms with Gasteiger partial charge in [0.15, 0.2) is 6.29 Å². The lowest BCUT2D eigenvalue weighted by molar-refractivity contribution is -0.308. The van der Waals surface area contributed by atoms with Gasteiger partial charge in [-0.2, -0.15) is 0 Å². The van der Waals surface area contributed by atoms with Gasteiger partial charge in [0, 0.05) is 18.3 Å². The van der Waals surface area contributed by atoms with Crippen LogP contribution in [0.4, 0.5) is 0 Å². The molecular weight excluding hydrogens is 400 g/mol. The van der Waals surface area contributed by atoms with Crippen LogP contribution in [0.1, 0.15) is 72.6 Å². The number of rotatable bonds is 3. The van der Waals surface area contributed by atoms with Crippen molar-refractivity contribution in [2.75, 3.05) is 0 Å². The summed E-state index contributed by atoms with van der Waals surface area (Å²) in [5.41, 5.74) is -1.46. The van der Waals surface area contributed by atoms with E-state index in [0.29, 0.717) is 19.3 Å². The zero-order valence-corrected chi connectivity index (χ0v) is 19.0. The van der Waals surface area contributed by atoms with Crippen LogP contribution in [0.2, 0.25) is 0 Å². The van der Waals surface area contributed by atoms with Crippen LogP contribution in [0.5, 0.6) is 0 Å². The van der Waals surface area contributed by atoms with Gasteiger partial charge in [0.25, 0.3) is 0 Å². The van der Waals surface area contributed by atoms with Crippen LogP contribution in [-0.4, -0.2) is 46.9 Å². The Balaban J connectivity index is 1.66. The highest BCUT2D eigenvalue weighted by Crippen LogP contribution is 2.73. The van der Waals surface area contributed by atoms with Gasteiger partial charge >= 0.3 is 11.9 Å². The minimum Gasteiger partial charge on any atom is -0.459 e. The van der Waals surface area contributed by atoms with Crippen molar-refractivity contribution >= 4 is 11.9 Å². The maximum atomic E-state index is 12.7. The van der Waals surface area contributed by atoms with E-state index in [9.17, 15) is 19.8 Å². The molecule has 0 aromatic rings. The number of esters is 2. The first-order valence-electron chi connectivity index (χ1n) is 12.0. The Labute approximate surface area is 183 Å². The summed E-state index contributed by atoms with van der Waals surface area (Å²) in [5, 5.41) is 23.2. The predicted molar refractivity (Wildman–Crippen MR) is 109 cm³/mol. The molecule has 2 N–H and O–H groups in total. The van der Waals surface area contributed by atoms with E-state index in [1.165, 1.54) is 0 Å². The third kappa shape index (κ3) is 2.63. The van der Waals surface area contributed by atoms with Crippen LogP contribution >= 0.6 is 0 Å². The van der Waals surface area contributed by atoms with Crippen molar-refractivity contribution in [3.8, 4) is 0 Å². The molecule has 0 bridgehead atoms. The van der Waals surface area contributed by atoms with Crippen LogP contribution < -0.4 is 0 Å². The maximum Gasteiger partial charge on any atom is 0.311 e. The molecule has 7 heteroatoms. The van der Waals surface area contributed by atoms with E-state index in [-0.39, 0.29) is 34.6 Å². The summed E-state index contributed by atoms with van der Waals surface area (Å²) in [6, 6.07) is 0. The Kier molecular flexibility index (Phi) is 4.83. The largest absolute Gasteiger partial charge is 0.459 e. The normalized spacial score (nSPS) is 52.0. The van der Waals surface area contributed by atoms with Crippen LogP contribution in [0.15, 0.2) is 0 Å². The zero-order valence-electron chi connectivity index (χ0n) is 19.0. The van der Waals surface area contributed by atoms with E-state index >= 15 is 0 Å². The molecule has 31 heavy (non-hydrogen) atoms. The number of hydrogen-bond acceptors (Lipinski definition) is 7. The highest BCUT2D eigenvalue weighted by Gasteiger charge is 2.79. The van der Waals surface area contributed by atoms with E-state index < -0.39 is 42.0 Å². The molecule has 0 amide bonds. The van der Waals surface area contributed by atoms with Crippen molar-refractivity contribution in [2.24, 2.45) is 39.9 Å². The van der Waals surface area contributed by atoms with E-state index in [2.05, 4.69) is 20.8 Å². The van der Waals surface area contributed by atoms with Gasteiger partial charge in [-0.3, -0.25) is 9.59 Å². The van der Waals surface area contributed by atoms with Crippen molar-refractivity contribution in [1.29, 1.82) is 0 Å². The molecule has 1 unspecified atom stereocenters. The Morgan fingerprint density at radius 3 is 2.65 bits per heavy atom. The summed E-state index contributed by atoms with van der Waals surface area (Å²) >= 11 is 0. The quantitative estimate of drug-likeness (QED) is 0.656. The molecule has 7 nitrogen and oxygen atoms in total. The van der Waals surface area contributed by atoms with Crippen LogP contribution in [0.3, 0.4) is 0 Å². The maximum absolute atomic E-state index is 12.7. The summed E-state index contributed by atoms with van der Waals surface area (Å²) in [6.45, 7) is 8.58. The minimum atomic E-state index is -1.26. The molecular formula is C24H36O7. The molecule has 3 aliphatic carbocycles. The smallest absolute Gasteiger partial charge is 0.311 e. The van der Waals surface area contributed by atoms with E-state index in [4.69, 9.17) is 14.2 Å². The van der Waals surface area contributed by atoms with Crippen LogP contribution in [-0.2, 0) is 23.8 Å². The summed E-state index contributed by atoms with van der Waals surface area (Å²) < 4.78 is 17.3. The first kappa shape index (κ1) is 21.7. The molecule has 5 aliphatic rings. The lowest BCUT2D eigenvalue weighted by Gasteiger charge is -2.68. The number of hydrogen-bond donors (Lipinski definition) is 2. The first-order valence-corrected chi connectivity index (χ1v) is 12.0. The Hall–Kier alpha value is -1.18. The van der Waals surface area contributed by atoms with Gasteiger partial charge in [0.1, 0.15) is 12.2 Å². The summed E-state index contributed by atoms with van der Waals surface area (Å²) in [7, 11) is 0. The summed E-state index contributed by atoms with van der Waals surface area (Å²) in [6.07, 6.45) is 1.38. The molecule has 0 radical (unpaired) electrons. The molecule has 0 aromatic carbocycles. The Bertz CT molecular complexity index is 780. The predicted octanol–water partition coefficient (Wildman–Crippen LogP) is 2.77. The van der Waals surface area contributed by atoms with Gasteiger partial charge in [0.2, 0.25) is 6.29 Å². The molecule has 174 valence electrons. The van der Waals surface area contributed by atoms with Crippen molar-refractivity contribution in [3.63, 3.8) is 0 Å². The number of ether oxygens (including phenoxy) is 3. The fourth-order valence-corrected chi connectivity index (χ4v) is 8.82. The van der Waals surface area contributed by atoms with Gasteiger partial charge in [-0.1, -0.05) is 34.1 Å². The van der Waals surface area contributed by atoms with Crippen LogP contribution in [0.25, 0.3) is 0 Å². The Morgan fingerprint density at radius 1 is 1.19 bits per heavy atom. The Morgan fingerprint density at radius 2 is 1.94 bits per heavy atom. The van der Waals surface area contributed by atoms with Gasteiger partial charge < -0.3 is 24.4 Å². The number of fused-ring (bicyclic) bond motifs is 2. The fraction of sp³-hybridized carbons (Fsp3) is 0.917. The number of aliphatic hydroxyl groups is 2. The third-order valence-electron chi connectivity index (χ3n) is 9.66. The van der Waals surface area contributed by atoms with Crippen molar-refractivity contribution in [1.82, 2.24) is 0 Å². The molecule has 3 saturated carbocycles. The summed E-state index contributed by atoms with van der Waals surface area (Å²) in [5.74, 6) is -1.52. The third-order valence-corrected chi connectivity index (χ3v) is 9.66. The standard InChI is InChI=1S/C24H36O7/c1-5-7-14(25)29-16-17-22(2,3)10-6-11-23(17,4)13-9-8-12-15-20(30-19(12)27)31-21(28)24(13,15)18(16)26/h12-13,15-18,20-21,26,28H,5-11H2,1-4H3/t12-,13-,15+,16-,17+,18-,20+,21?,23-,24+/m1/s1. The molecule has 1 spiro atoms. The van der Waals surface area contributed by atoms with Gasteiger partial charge in [-0.05, 0) is 48.9 Å². The van der Waals surface area contributed by atoms with Crippen LogP contribution in [0, 0.1) is 39.9 Å². The highest BCUT2D eigenvalue weighted by atomic mass is 16.8. The van der Waals surface area contributed by atoms with Crippen molar-refractivity contribution in [3.05, 3.63) is 0 Å². The second-order valence-electron chi connectivity index (χ2n) is 11.5. The van der Waals surface area contributed by atoms with Gasteiger partial charge in [-0.15, -0.1) is 0 Å². The monoisotopic (exact) mass is 436 g/mol. The average molecular weight is 437 g/mol. The zero-order chi connectivity index (χ0) is 22.3. The first-order chi connectivity index (χ1) is 14.6. The van der Waals surface area contributed by atoms with E-state index in [0.717, 1.165) is 25.7 Å². The molecule has 10 atom stereocenters. The molecule has 5 fully saturated rings. The minimum absolute atomic E-state index is 0.0407. The molecule has 2 heterocycles. The lowest BCUT2D eigenvalue weighted by atomic mass is 9.37. The molecule has 5 rings (SSSR count). The second kappa shape index (κ2) is 6.91. The fourth-order valence-electron chi connectivity index (χ4n) is 8.82. The number of carbonyl (C=O) groups is 2. The van der Waals surface area contributed by atoms with Gasteiger partial charge in [-0.25, -0.2) is 0 Å². The molecule has 2 saturated heterocycles. The second-order valence-corrected chi connectivity index (χ2v) is 11.5. The van der Waals surface area contributed by atoms with E-state index in [1.54, 1.807) is 0 Å². The number of aliphatic hydroxyl groups excluding tert-OH is 2. The number of carbonyl (C=O) groups excluding carboxylic acids is 2.